The van der Waals surface area contributed by atoms with Gasteiger partial charge in [-0.2, -0.15) is 5.10 Å². The van der Waals surface area contributed by atoms with Crippen LogP contribution < -0.4 is 5.43 Å². The molecule has 3 rings (SSSR count). The standard InChI is InChI=1S/C11H19N4O4P/c1-14-5-8-4-12-15(11(8)13-14)10-3-2-9(19-10)6-18-7-20(16)17/h4,9-10,13,16-17H,2-3,5-7H2,1H3. The molecule has 2 aliphatic heterocycles. The molecule has 3 N–H and O–H groups in total. The highest BCUT2D eigenvalue weighted by atomic mass is 31.2. The van der Waals surface area contributed by atoms with Crippen molar-refractivity contribution in [3.63, 3.8) is 0 Å². The zero-order chi connectivity index (χ0) is 14.1. The highest BCUT2D eigenvalue weighted by molar-refractivity contribution is 7.44. The number of nitrogens with one attached hydrogen (secondary N) is 1. The quantitative estimate of drug-likeness (QED) is 0.686. The number of rotatable bonds is 5. The molecule has 1 saturated heterocycles. The van der Waals surface area contributed by atoms with Crippen LogP contribution in [0.3, 0.4) is 0 Å². The van der Waals surface area contributed by atoms with Gasteiger partial charge in [-0.3, -0.25) is 0 Å². The second-order valence-corrected chi connectivity index (χ2v) is 6.10. The van der Waals surface area contributed by atoms with Gasteiger partial charge in [-0.25, -0.2) is 9.69 Å². The van der Waals surface area contributed by atoms with Crippen LogP contribution in [0.25, 0.3) is 0 Å². The van der Waals surface area contributed by atoms with E-state index in [0.29, 0.717) is 6.61 Å². The topological polar surface area (TPSA) is 92.0 Å². The average Bonchev–Trinajstić information content (AvgIpc) is 3.03. The molecule has 112 valence electrons. The predicted molar refractivity (Wildman–Crippen MR) is 72.6 cm³/mol. The number of nitrogens with zero attached hydrogens (tertiary/aromatic N) is 3. The van der Waals surface area contributed by atoms with Gasteiger partial charge in [-0.1, -0.05) is 0 Å². The summed E-state index contributed by atoms with van der Waals surface area (Å²) in [5, 5.41) is 6.39. The third-order valence-corrected chi connectivity index (χ3v) is 3.86. The van der Waals surface area contributed by atoms with Gasteiger partial charge in [0.15, 0.2) is 14.6 Å². The van der Waals surface area contributed by atoms with Gasteiger partial charge < -0.3 is 24.7 Å². The van der Waals surface area contributed by atoms with Crippen molar-refractivity contribution in [3.05, 3.63) is 11.8 Å². The van der Waals surface area contributed by atoms with E-state index in [1.165, 1.54) is 5.56 Å². The molecule has 0 aromatic carbocycles. The molecular weight excluding hydrogens is 283 g/mol. The van der Waals surface area contributed by atoms with Crippen LogP contribution in [-0.4, -0.2) is 50.7 Å². The van der Waals surface area contributed by atoms with E-state index < -0.39 is 8.38 Å². The van der Waals surface area contributed by atoms with E-state index in [1.54, 1.807) is 0 Å². The van der Waals surface area contributed by atoms with E-state index in [2.05, 4.69) is 10.5 Å². The number of aromatic nitrogens is 2. The molecule has 0 aliphatic carbocycles. The van der Waals surface area contributed by atoms with E-state index in [-0.39, 0.29) is 18.7 Å². The van der Waals surface area contributed by atoms with Gasteiger partial charge in [0.05, 0.1) is 18.9 Å². The van der Waals surface area contributed by atoms with E-state index in [0.717, 1.165) is 25.2 Å². The number of hydrogen-bond acceptors (Lipinski definition) is 7. The van der Waals surface area contributed by atoms with Crippen molar-refractivity contribution in [1.82, 2.24) is 14.8 Å². The van der Waals surface area contributed by atoms with Crippen LogP contribution in [0.2, 0.25) is 0 Å². The van der Waals surface area contributed by atoms with Crippen LogP contribution in [0.5, 0.6) is 0 Å². The van der Waals surface area contributed by atoms with Gasteiger partial charge >= 0.3 is 0 Å². The Hall–Kier alpha value is -0.760. The van der Waals surface area contributed by atoms with E-state index in [4.69, 9.17) is 19.3 Å². The smallest absolute Gasteiger partial charge is 0.192 e. The molecule has 3 heterocycles. The highest BCUT2D eigenvalue weighted by Crippen LogP contribution is 2.34. The first-order chi connectivity index (χ1) is 9.63. The van der Waals surface area contributed by atoms with Crippen molar-refractivity contribution in [3.8, 4) is 0 Å². The maximum atomic E-state index is 8.79. The van der Waals surface area contributed by atoms with Gasteiger partial charge in [-0.15, -0.1) is 0 Å². The zero-order valence-electron chi connectivity index (χ0n) is 11.3. The van der Waals surface area contributed by atoms with Crippen molar-refractivity contribution < 1.29 is 19.3 Å². The summed E-state index contributed by atoms with van der Waals surface area (Å²) >= 11 is 0. The van der Waals surface area contributed by atoms with E-state index >= 15 is 0 Å². The Kier molecular flexibility index (Phi) is 4.21. The van der Waals surface area contributed by atoms with Crippen LogP contribution in [0, 0.1) is 0 Å². The molecule has 9 heteroatoms. The van der Waals surface area contributed by atoms with Crippen LogP contribution in [0.15, 0.2) is 6.20 Å². The van der Waals surface area contributed by atoms with Gasteiger partial charge in [0.1, 0.15) is 12.2 Å². The lowest BCUT2D eigenvalue weighted by Crippen LogP contribution is -2.22. The predicted octanol–water partition coefficient (Wildman–Crippen LogP) is 0.604. The molecule has 0 spiro atoms. The van der Waals surface area contributed by atoms with Crippen molar-refractivity contribution in [2.24, 2.45) is 0 Å². The van der Waals surface area contributed by atoms with Crippen LogP contribution in [0.4, 0.5) is 5.82 Å². The summed E-state index contributed by atoms with van der Waals surface area (Å²) in [5.74, 6) is 0.994. The number of ether oxygens (including phenoxy) is 2. The molecule has 2 unspecified atom stereocenters. The summed E-state index contributed by atoms with van der Waals surface area (Å²) in [6.07, 6.45) is 3.49. The zero-order valence-corrected chi connectivity index (χ0v) is 12.2. The Balaban J connectivity index is 1.55. The van der Waals surface area contributed by atoms with Crippen LogP contribution >= 0.6 is 8.38 Å². The number of hydrogen-bond donors (Lipinski definition) is 3. The molecular formula is C11H19N4O4P. The fraction of sp³-hybridized carbons (Fsp3) is 0.727. The first-order valence-electron chi connectivity index (χ1n) is 6.56. The lowest BCUT2D eigenvalue weighted by atomic mass is 10.2. The molecule has 1 fully saturated rings. The Morgan fingerprint density at radius 1 is 1.55 bits per heavy atom. The highest BCUT2D eigenvalue weighted by Gasteiger charge is 2.31. The van der Waals surface area contributed by atoms with Gasteiger partial charge in [0.2, 0.25) is 0 Å². The third-order valence-electron chi connectivity index (χ3n) is 3.44. The minimum absolute atomic E-state index is 0.0195. The Morgan fingerprint density at radius 3 is 3.20 bits per heavy atom. The van der Waals surface area contributed by atoms with Crippen molar-refractivity contribution in [2.75, 3.05) is 25.4 Å². The summed E-state index contributed by atoms with van der Waals surface area (Å²) in [4.78, 5) is 17.6. The summed E-state index contributed by atoms with van der Waals surface area (Å²) in [5.41, 5.74) is 4.42. The molecule has 8 nitrogen and oxygen atoms in total. The second kappa shape index (κ2) is 5.93. The Bertz CT molecular complexity index is 469. The molecule has 1 aromatic rings. The number of anilines is 1. The number of fused-ring (bicyclic) bond motifs is 1. The monoisotopic (exact) mass is 302 g/mol. The Morgan fingerprint density at radius 2 is 2.40 bits per heavy atom. The summed E-state index contributed by atoms with van der Waals surface area (Å²) in [6, 6.07) is 0. The summed E-state index contributed by atoms with van der Waals surface area (Å²) in [7, 11) is -0.00309. The molecule has 1 aromatic heterocycles. The third kappa shape index (κ3) is 2.95. The first-order valence-corrected chi connectivity index (χ1v) is 7.99. The minimum atomic E-state index is -1.99. The van der Waals surface area contributed by atoms with Crippen LogP contribution in [0.1, 0.15) is 24.6 Å². The number of hydrazine groups is 1. The SMILES string of the molecule is CN1Cc2cnn(C3CCC(COCP(O)O)O3)c2N1. The summed E-state index contributed by atoms with van der Waals surface area (Å²) < 4.78 is 13.0. The fourth-order valence-electron chi connectivity index (χ4n) is 2.59. The second-order valence-electron chi connectivity index (χ2n) is 5.09. The first kappa shape index (κ1) is 14.2. The van der Waals surface area contributed by atoms with Crippen LogP contribution in [-0.2, 0) is 16.0 Å². The van der Waals surface area contributed by atoms with E-state index in [9.17, 15) is 0 Å². The molecule has 20 heavy (non-hydrogen) atoms. The lowest BCUT2D eigenvalue weighted by molar-refractivity contribution is -0.0392. The van der Waals surface area contributed by atoms with Crippen molar-refractivity contribution >= 4 is 14.2 Å². The molecule has 2 atom stereocenters. The Labute approximate surface area is 118 Å². The van der Waals surface area contributed by atoms with Crippen molar-refractivity contribution in [1.29, 1.82) is 0 Å². The molecule has 0 saturated carbocycles. The molecule has 0 bridgehead atoms. The lowest BCUT2D eigenvalue weighted by Gasteiger charge is -2.17. The normalized spacial score (nSPS) is 26.2. The van der Waals surface area contributed by atoms with Gasteiger partial charge in [0, 0.05) is 19.2 Å². The minimum Gasteiger partial charge on any atom is -0.369 e. The van der Waals surface area contributed by atoms with Gasteiger partial charge in [-0.05, 0) is 12.8 Å². The fourth-order valence-corrected chi connectivity index (χ4v) is 2.85. The molecule has 0 radical (unpaired) electrons. The summed E-state index contributed by atoms with van der Waals surface area (Å²) in [6.45, 7) is 1.22. The van der Waals surface area contributed by atoms with Gasteiger partial charge in [0.25, 0.3) is 0 Å². The average molecular weight is 302 g/mol. The maximum absolute atomic E-state index is 8.79. The molecule has 0 amide bonds. The largest absolute Gasteiger partial charge is 0.369 e. The maximum Gasteiger partial charge on any atom is 0.192 e. The molecule has 2 aliphatic rings. The van der Waals surface area contributed by atoms with Crippen molar-refractivity contribution in [2.45, 2.75) is 31.7 Å². The van der Waals surface area contributed by atoms with E-state index in [1.807, 2.05) is 22.9 Å².